The lowest BCUT2D eigenvalue weighted by Gasteiger charge is -2.31. The Morgan fingerprint density at radius 1 is 1.32 bits per heavy atom. The fraction of sp³-hybridized carbons (Fsp3) is 0.579. The molecule has 2 rings (SSSR count). The van der Waals surface area contributed by atoms with Gasteiger partial charge in [-0.2, -0.15) is 0 Å². The standard InChI is InChI=1S/C19H26BrFN2O2/c1-2-4-18(24)23-11-8-15(9-12-23)19(25)22-10-3-5-14-6-7-16(20)13-17(14)21/h6-7,13,15H,2-5,8-12H2,1H3,(H,22,25). The summed E-state index contributed by atoms with van der Waals surface area (Å²) in [6.07, 6.45) is 4.20. The molecule has 25 heavy (non-hydrogen) atoms. The number of amides is 2. The van der Waals surface area contributed by atoms with E-state index >= 15 is 0 Å². The molecule has 1 aliphatic rings. The Labute approximate surface area is 157 Å². The molecule has 1 aliphatic heterocycles. The number of carbonyl (C=O) groups is 2. The van der Waals surface area contributed by atoms with Crippen molar-refractivity contribution in [2.24, 2.45) is 5.92 Å². The van der Waals surface area contributed by atoms with Crippen molar-refractivity contribution >= 4 is 27.7 Å². The number of aryl methyl sites for hydroxylation is 1. The number of benzene rings is 1. The fourth-order valence-corrected chi connectivity index (χ4v) is 3.46. The molecule has 1 fully saturated rings. The summed E-state index contributed by atoms with van der Waals surface area (Å²) in [4.78, 5) is 26.0. The van der Waals surface area contributed by atoms with Gasteiger partial charge in [-0.1, -0.05) is 28.9 Å². The summed E-state index contributed by atoms with van der Waals surface area (Å²) in [6, 6.07) is 5.05. The lowest BCUT2D eigenvalue weighted by Crippen LogP contribution is -2.43. The van der Waals surface area contributed by atoms with Crippen molar-refractivity contribution in [2.45, 2.75) is 45.4 Å². The highest BCUT2D eigenvalue weighted by Crippen LogP contribution is 2.19. The minimum atomic E-state index is -0.218. The van der Waals surface area contributed by atoms with Crippen molar-refractivity contribution < 1.29 is 14.0 Å². The molecule has 4 nitrogen and oxygen atoms in total. The van der Waals surface area contributed by atoms with E-state index in [1.165, 1.54) is 6.07 Å². The molecule has 2 amide bonds. The number of hydrogen-bond acceptors (Lipinski definition) is 2. The van der Waals surface area contributed by atoms with Crippen LogP contribution in [-0.2, 0) is 16.0 Å². The van der Waals surface area contributed by atoms with Gasteiger partial charge in [0.05, 0.1) is 0 Å². The van der Waals surface area contributed by atoms with E-state index in [2.05, 4.69) is 21.2 Å². The summed E-state index contributed by atoms with van der Waals surface area (Å²) >= 11 is 3.24. The Balaban J connectivity index is 1.67. The van der Waals surface area contributed by atoms with Crippen molar-refractivity contribution in [1.29, 1.82) is 0 Å². The summed E-state index contributed by atoms with van der Waals surface area (Å²) in [7, 11) is 0. The van der Waals surface area contributed by atoms with Crippen molar-refractivity contribution in [3.63, 3.8) is 0 Å². The molecule has 138 valence electrons. The van der Waals surface area contributed by atoms with Crippen LogP contribution in [-0.4, -0.2) is 36.3 Å². The zero-order chi connectivity index (χ0) is 18.2. The van der Waals surface area contributed by atoms with E-state index < -0.39 is 0 Å². The first-order valence-electron chi connectivity index (χ1n) is 9.00. The summed E-state index contributed by atoms with van der Waals surface area (Å²) in [6.45, 7) is 3.88. The molecule has 6 heteroatoms. The van der Waals surface area contributed by atoms with Gasteiger partial charge in [-0.25, -0.2) is 4.39 Å². The highest BCUT2D eigenvalue weighted by atomic mass is 79.9. The molecule has 0 radical (unpaired) electrons. The molecule has 0 unspecified atom stereocenters. The Kier molecular flexibility index (Phi) is 7.88. The van der Waals surface area contributed by atoms with Gasteiger partial charge in [0.1, 0.15) is 5.82 Å². The van der Waals surface area contributed by atoms with Gasteiger partial charge in [-0.05, 0) is 49.8 Å². The molecule has 1 N–H and O–H groups in total. The average molecular weight is 413 g/mol. The monoisotopic (exact) mass is 412 g/mol. The van der Waals surface area contributed by atoms with Gasteiger partial charge >= 0.3 is 0 Å². The van der Waals surface area contributed by atoms with Gasteiger partial charge in [0, 0.05) is 36.4 Å². The Hall–Kier alpha value is -1.43. The molecular formula is C19H26BrFN2O2. The van der Waals surface area contributed by atoms with Crippen LogP contribution < -0.4 is 5.32 Å². The zero-order valence-corrected chi connectivity index (χ0v) is 16.3. The molecule has 1 aromatic carbocycles. The maximum atomic E-state index is 13.7. The van der Waals surface area contributed by atoms with Crippen LogP contribution >= 0.6 is 15.9 Å². The minimum Gasteiger partial charge on any atom is -0.356 e. The topological polar surface area (TPSA) is 49.4 Å². The molecule has 0 spiro atoms. The number of nitrogens with one attached hydrogen (secondary N) is 1. The first-order chi connectivity index (χ1) is 12.0. The summed E-state index contributed by atoms with van der Waals surface area (Å²) in [5, 5.41) is 2.95. The van der Waals surface area contributed by atoms with Gasteiger partial charge in [-0.15, -0.1) is 0 Å². The van der Waals surface area contributed by atoms with Gasteiger partial charge in [0.25, 0.3) is 0 Å². The van der Waals surface area contributed by atoms with Crippen LogP contribution in [0.25, 0.3) is 0 Å². The fourth-order valence-electron chi connectivity index (χ4n) is 3.12. The van der Waals surface area contributed by atoms with Crippen molar-refractivity contribution in [2.75, 3.05) is 19.6 Å². The largest absolute Gasteiger partial charge is 0.356 e. The predicted octanol–water partition coefficient (Wildman–Crippen LogP) is 3.68. The van der Waals surface area contributed by atoms with Crippen molar-refractivity contribution in [1.82, 2.24) is 10.2 Å². The van der Waals surface area contributed by atoms with Gasteiger partial charge in [-0.3, -0.25) is 9.59 Å². The summed E-state index contributed by atoms with van der Waals surface area (Å²) in [5.74, 6) is 0.0108. The minimum absolute atomic E-state index is 0.0184. The second-order valence-electron chi connectivity index (χ2n) is 6.54. The van der Waals surface area contributed by atoms with Crippen LogP contribution in [0.3, 0.4) is 0 Å². The van der Waals surface area contributed by atoms with E-state index in [4.69, 9.17) is 0 Å². The molecule has 0 saturated carbocycles. The van der Waals surface area contributed by atoms with Crippen LogP contribution in [0.15, 0.2) is 22.7 Å². The molecule has 0 bridgehead atoms. The van der Waals surface area contributed by atoms with Crippen LogP contribution in [0.5, 0.6) is 0 Å². The summed E-state index contributed by atoms with van der Waals surface area (Å²) < 4.78 is 14.5. The number of hydrogen-bond donors (Lipinski definition) is 1. The average Bonchev–Trinajstić information content (AvgIpc) is 2.60. The quantitative estimate of drug-likeness (QED) is 0.694. The van der Waals surface area contributed by atoms with E-state index in [-0.39, 0.29) is 23.5 Å². The van der Waals surface area contributed by atoms with Gasteiger partial charge in [0.15, 0.2) is 0 Å². The molecular weight excluding hydrogens is 387 g/mol. The number of piperidine rings is 1. The molecule has 0 aromatic heterocycles. The number of rotatable bonds is 7. The molecule has 1 heterocycles. The molecule has 0 aliphatic carbocycles. The van der Waals surface area contributed by atoms with Crippen molar-refractivity contribution in [3.8, 4) is 0 Å². The second-order valence-corrected chi connectivity index (χ2v) is 7.45. The number of carbonyl (C=O) groups excluding carboxylic acids is 2. The summed E-state index contributed by atoms with van der Waals surface area (Å²) in [5.41, 5.74) is 0.667. The van der Waals surface area contributed by atoms with Gasteiger partial charge < -0.3 is 10.2 Å². The third kappa shape index (κ3) is 6.10. The van der Waals surface area contributed by atoms with Crippen LogP contribution in [0.1, 0.15) is 44.6 Å². The Bertz CT molecular complexity index is 601. The Morgan fingerprint density at radius 3 is 2.68 bits per heavy atom. The molecule has 0 atom stereocenters. The predicted molar refractivity (Wildman–Crippen MR) is 99.6 cm³/mol. The first kappa shape index (κ1) is 19.9. The maximum absolute atomic E-state index is 13.7. The smallest absolute Gasteiger partial charge is 0.223 e. The zero-order valence-electron chi connectivity index (χ0n) is 14.7. The Morgan fingerprint density at radius 2 is 2.04 bits per heavy atom. The van der Waals surface area contributed by atoms with E-state index in [1.807, 2.05) is 17.9 Å². The number of nitrogens with zero attached hydrogens (tertiary/aromatic N) is 1. The second kappa shape index (κ2) is 9.90. The van der Waals surface area contributed by atoms with E-state index in [9.17, 15) is 14.0 Å². The molecule has 1 aromatic rings. The normalized spacial score (nSPS) is 15.2. The van der Waals surface area contributed by atoms with Gasteiger partial charge in [0.2, 0.25) is 11.8 Å². The van der Waals surface area contributed by atoms with E-state index in [0.29, 0.717) is 44.5 Å². The highest BCUT2D eigenvalue weighted by molar-refractivity contribution is 9.10. The first-order valence-corrected chi connectivity index (χ1v) is 9.80. The van der Waals surface area contributed by atoms with E-state index in [1.54, 1.807) is 6.07 Å². The van der Waals surface area contributed by atoms with Crippen LogP contribution in [0.4, 0.5) is 4.39 Å². The number of likely N-dealkylation sites (tertiary alicyclic amines) is 1. The van der Waals surface area contributed by atoms with E-state index in [0.717, 1.165) is 23.7 Å². The SMILES string of the molecule is CCCC(=O)N1CCC(C(=O)NCCCc2ccc(Br)cc2F)CC1. The third-order valence-electron chi connectivity index (χ3n) is 4.62. The van der Waals surface area contributed by atoms with Crippen molar-refractivity contribution in [3.05, 3.63) is 34.1 Å². The lowest BCUT2D eigenvalue weighted by molar-refractivity contribution is -0.135. The third-order valence-corrected chi connectivity index (χ3v) is 5.11. The number of halogens is 2. The maximum Gasteiger partial charge on any atom is 0.223 e. The molecule has 1 saturated heterocycles. The lowest BCUT2D eigenvalue weighted by atomic mass is 9.95. The van der Waals surface area contributed by atoms with Crippen LogP contribution in [0.2, 0.25) is 0 Å². The highest BCUT2D eigenvalue weighted by Gasteiger charge is 2.26. The van der Waals surface area contributed by atoms with Crippen LogP contribution in [0, 0.1) is 11.7 Å².